The van der Waals surface area contributed by atoms with Crippen LogP contribution in [0.15, 0.2) is 18.2 Å². The molecule has 0 radical (unpaired) electrons. The van der Waals surface area contributed by atoms with Crippen molar-refractivity contribution in [2.45, 2.75) is 6.42 Å². The van der Waals surface area contributed by atoms with Gasteiger partial charge in [-0.2, -0.15) is 0 Å². The van der Waals surface area contributed by atoms with Crippen LogP contribution in [0.4, 0.5) is 0 Å². The first kappa shape index (κ1) is 14.6. The van der Waals surface area contributed by atoms with Gasteiger partial charge in [0.05, 0.1) is 0 Å². The number of nitrogens with zero attached hydrogens (tertiary/aromatic N) is 1. The van der Waals surface area contributed by atoms with Gasteiger partial charge in [0.1, 0.15) is 11.5 Å². The van der Waals surface area contributed by atoms with Crippen molar-refractivity contribution in [1.29, 1.82) is 0 Å². The molecular weight excluding hydrogens is 258 g/mol. The van der Waals surface area contributed by atoms with E-state index in [1.54, 1.807) is 0 Å². The van der Waals surface area contributed by atoms with Gasteiger partial charge in [-0.1, -0.05) is 0 Å². The number of carbonyl (C=O) groups is 1. The van der Waals surface area contributed by atoms with Gasteiger partial charge in [0.25, 0.3) is 5.91 Å². The number of aromatic hydroxyl groups is 2. The Hall–Kier alpha value is -1.79. The molecular formula is C14H21N3O3. The molecule has 0 spiro atoms. The monoisotopic (exact) mass is 279 g/mol. The second kappa shape index (κ2) is 7.12. The van der Waals surface area contributed by atoms with Crippen molar-refractivity contribution in [1.82, 2.24) is 15.5 Å². The fraction of sp³-hybridized carbons (Fsp3) is 0.500. The van der Waals surface area contributed by atoms with Crippen LogP contribution in [-0.2, 0) is 0 Å². The van der Waals surface area contributed by atoms with Crippen LogP contribution in [0.5, 0.6) is 11.5 Å². The molecule has 0 saturated carbocycles. The first-order valence-corrected chi connectivity index (χ1v) is 6.89. The summed E-state index contributed by atoms with van der Waals surface area (Å²) in [5, 5.41) is 24.8. The molecule has 0 bridgehead atoms. The summed E-state index contributed by atoms with van der Waals surface area (Å²) in [4.78, 5) is 14.2. The Morgan fingerprint density at radius 1 is 1.20 bits per heavy atom. The number of carbonyl (C=O) groups excluding carboxylic acids is 1. The largest absolute Gasteiger partial charge is 0.508 e. The smallest absolute Gasteiger partial charge is 0.251 e. The number of benzene rings is 1. The van der Waals surface area contributed by atoms with Gasteiger partial charge >= 0.3 is 0 Å². The summed E-state index contributed by atoms with van der Waals surface area (Å²) in [5.74, 6) is -0.511. The van der Waals surface area contributed by atoms with Crippen LogP contribution in [0.3, 0.4) is 0 Å². The topological polar surface area (TPSA) is 84.8 Å². The van der Waals surface area contributed by atoms with Crippen LogP contribution in [-0.4, -0.2) is 60.3 Å². The first-order chi connectivity index (χ1) is 9.65. The lowest BCUT2D eigenvalue weighted by Crippen LogP contribution is -2.44. The molecule has 0 unspecified atom stereocenters. The minimum Gasteiger partial charge on any atom is -0.508 e. The van der Waals surface area contributed by atoms with Crippen LogP contribution in [0.1, 0.15) is 16.8 Å². The fourth-order valence-corrected chi connectivity index (χ4v) is 2.27. The average Bonchev–Trinajstić information content (AvgIpc) is 2.43. The Kier molecular flexibility index (Phi) is 5.20. The molecule has 1 aliphatic heterocycles. The number of nitrogens with one attached hydrogen (secondary N) is 2. The lowest BCUT2D eigenvalue weighted by Gasteiger charge is -2.27. The maximum atomic E-state index is 11.8. The first-order valence-electron chi connectivity index (χ1n) is 6.89. The van der Waals surface area contributed by atoms with E-state index in [1.165, 1.54) is 18.2 Å². The molecule has 110 valence electrons. The molecule has 1 aliphatic rings. The minimum atomic E-state index is -0.281. The lowest BCUT2D eigenvalue weighted by molar-refractivity contribution is 0.0950. The highest BCUT2D eigenvalue weighted by Crippen LogP contribution is 2.20. The summed E-state index contributed by atoms with van der Waals surface area (Å²) in [6.07, 6.45) is 0.885. The molecule has 0 aromatic heterocycles. The van der Waals surface area contributed by atoms with Gasteiger partial charge in [0.2, 0.25) is 0 Å². The van der Waals surface area contributed by atoms with E-state index >= 15 is 0 Å². The normalized spacial score (nSPS) is 16.0. The van der Waals surface area contributed by atoms with Gasteiger partial charge in [-0.25, -0.2) is 0 Å². The zero-order valence-electron chi connectivity index (χ0n) is 11.4. The number of amides is 1. The molecule has 4 N–H and O–H groups in total. The molecule has 1 aromatic carbocycles. The summed E-state index contributed by atoms with van der Waals surface area (Å²) in [5.41, 5.74) is 0.268. The van der Waals surface area contributed by atoms with Crippen molar-refractivity contribution in [3.8, 4) is 11.5 Å². The van der Waals surface area contributed by atoms with Gasteiger partial charge in [0.15, 0.2) is 0 Å². The van der Waals surface area contributed by atoms with E-state index < -0.39 is 0 Å². The van der Waals surface area contributed by atoms with Gasteiger partial charge in [0, 0.05) is 44.4 Å². The standard InChI is InChI=1S/C14H21N3O3/c18-12-8-11(9-13(19)10-12)14(20)16-2-1-5-17-6-3-15-4-7-17/h8-10,15,18-19H,1-7H2,(H,16,20). The molecule has 1 amide bonds. The van der Waals surface area contributed by atoms with Crippen molar-refractivity contribution in [2.75, 3.05) is 39.3 Å². The quantitative estimate of drug-likeness (QED) is 0.576. The average molecular weight is 279 g/mol. The maximum absolute atomic E-state index is 11.8. The maximum Gasteiger partial charge on any atom is 0.251 e. The highest BCUT2D eigenvalue weighted by Gasteiger charge is 2.10. The van der Waals surface area contributed by atoms with Gasteiger partial charge in [-0.05, 0) is 25.1 Å². The number of hydrogen-bond acceptors (Lipinski definition) is 5. The fourth-order valence-electron chi connectivity index (χ4n) is 2.27. The Morgan fingerprint density at radius 3 is 2.50 bits per heavy atom. The molecule has 20 heavy (non-hydrogen) atoms. The predicted molar refractivity (Wildman–Crippen MR) is 76.0 cm³/mol. The number of piperazine rings is 1. The zero-order chi connectivity index (χ0) is 14.4. The highest BCUT2D eigenvalue weighted by atomic mass is 16.3. The van der Waals surface area contributed by atoms with Crippen LogP contribution < -0.4 is 10.6 Å². The van der Waals surface area contributed by atoms with Crippen molar-refractivity contribution in [2.24, 2.45) is 0 Å². The Balaban J connectivity index is 1.71. The Bertz CT molecular complexity index is 439. The molecule has 1 heterocycles. The summed E-state index contributed by atoms with van der Waals surface area (Å²) in [6.45, 7) is 5.69. The van der Waals surface area contributed by atoms with Crippen molar-refractivity contribution >= 4 is 5.91 Å². The van der Waals surface area contributed by atoms with Gasteiger partial charge < -0.3 is 25.7 Å². The zero-order valence-corrected chi connectivity index (χ0v) is 11.4. The van der Waals surface area contributed by atoms with Crippen LogP contribution >= 0.6 is 0 Å². The second-order valence-electron chi connectivity index (χ2n) is 4.94. The van der Waals surface area contributed by atoms with Gasteiger partial charge in [-0.3, -0.25) is 4.79 Å². The summed E-state index contributed by atoms with van der Waals surface area (Å²) < 4.78 is 0. The summed E-state index contributed by atoms with van der Waals surface area (Å²) >= 11 is 0. The molecule has 0 aliphatic carbocycles. The van der Waals surface area contributed by atoms with Crippen LogP contribution in [0.2, 0.25) is 0 Å². The van der Waals surface area contributed by atoms with Crippen molar-refractivity contribution in [3.63, 3.8) is 0 Å². The number of rotatable bonds is 5. The van der Waals surface area contributed by atoms with E-state index in [9.17, 15) is 15.0 Å². The molecule has 1 aromatic rings. The summed E-state index contributed by atoms with van der Waals surface area (Å²) in [6, 6.07) is 3.87. The molecule has 1 saturated heterocycles. The van der Waals surface area contributed by atoms with Crippen LogP contribution in [0, 0.1) is 0 Å². The van der Waals surface area contributed by atoms with E-state index in [0.29, 0.717) is 6.54 Å². The molecule has 1 fully saturated rings. The number of phenols is 2. The Labute approximate surface area is 118 Å². The predicted octanol–water partition coefficient (Wildman–Crippen LogP) is 0.123. The molecule has 6 heteroatoms. The van der Waals surface area contributed by atoms with Crippen LogP contribution in [0.25, 0.3) is 0 Å². The van der Waals surface area contributed by atoms with E-state index in [1.807, 2.05) is 0 Å². The van der Waals surface area contributed by atoms with Crippen molar-refractivity contribution in [3.05, 3.63) is 23.8 Å². The Morgan fingerprint density at radius 2 is 1.85 bits per heavy atom. The number of phenolic OH excluding ortho intramolecular Hbond substituents is 2. The number of hydrogen-bond donors (Lipinski definition) is 4. The minimum absolute atomic E-state index is 0.115. The second-order valence-corrected chi connectivity index (χ2v) is 4.94. The van der Waals surface area contributed by atoms with Crippen molar-refractivity contribution < 1.29 is 15.0 Å². The molecule has 0 atom stereocenters. The van der Waals surface area contributed by atoms with E-state index in [-0.39, 0.29) is 23.0 Å². The SMILES string of the molecule is O=C(NCCCN1CCNCC1)c1cc(O)cc(O)c1. The van der Waals surface area contributed by atoms with E-state index in [0.717, 1.165) is 39.1 Å². The van der Waals surface area contributed by atoms with E-state index in [4.69, 9.17) is 0 Å². The van der Waals surface area contributed by atoms with Gasteiger partial charge in [-0.15, -0.1) is 0 Å². The lowest BCUT2D eigenvalue weighted by atomic mass is 10.2. The molecule has 6 nitrogen and oxygen atoms in total. The third-order valence-corrected chi connectivity index (χ3v) is 3.31. The third-order valence-electron chi connectivity index (χ3n) is 3.31. The molecule has 2 rings (SSSR count). The van der Waals surface area contributed by atoms with E-state index in [2.05, 4.69) is 15.5 Å². The third kappa shape index (κ3) is 4.40. The summed E-state index contributed by atoms with van der Waals surface area (Å²) in [7, 11) is 0. The highest BCUT2D eigenvalue weighted by molar-refractivity contribution is 5.95.